The zero-order chi connectivity index (χ0) is 14.6. The maximum Gasteiger partial charge on any atom is 0.274 e. The molecular formula is C13H19N3O3. The number of hydrogen-bond donors (Lipinski definition) is 2. The minimum absolute atomic E-state index is 0.0200. The molecule has 1 amide bonds. The molecule has 0 saturated heterocycles. The fraction of sp³-hybridized carbons (Fsp3) is 0.462. The van der Waals surface area contributed by atoms with Gasteiger partial charge in [0.1, 0.15) is 0 Å². The van der Waals surface area contributed by atoms with Crippen molar-refractivity contribution in [1.82, 2.24) is 0 Å². The number of nitrogens with one attached hydrogen (secondary N) is 1. The standard InChI is InChI=1S/C13H19N3O3/c1-4-13(14,5-2)12(17)15-10-7-6-8-11(9(10)3)16(18)19/h6-8H,4-5,14H2,1-3H3,(H,15,17). The van der Waals surface area contributed by atoms with Crippen molar-refractivity contribution in [3.63, 3.8) is 0 Å². The van der Waals surface area contributed by atoms with Crippen molar-refractivity contribution in [2.75, 3.05) is 5.32 Å². The molecule has 0 radical (unpaired) electrons. The summed E-state index contributed by atoms with van der Waals surface area (Å²) in [7, 11) is 0. The second-order valence-corrected chi connectivity index (χ2v) is 4.52. The van der Waals surface area contributed by atoms with Gasteiger partial charge in [0.25, 0.3) is 5.69 Å². The lowest BCUT2D eigenvalue weighted by Gasteiger charge is -2.25. The predicted molar refractivity (Wildman–Crippen MR) is 74.0 cm³/mol. The highest BCUT2D eigenvalue weighted by molar-refractivity contribution is 5.98. The molecule has 6 heteroatoms. The third kappa shape index (κ3) is 3.08. The topological polar surface area (TPSA) is 98.3 Å². The lowest BCUT2D eigenvalue weighted by atomic mass is 9.93. The predicted octanol–water partition coefficient (Wildman–Crippen LogP) is 2.36. The SMILES string of the molecule is CCC(N)(CC)C(=O)Nc1cccc([N+](=O)[O-])c1C. The van der Waals surface area contributed by atoms with E-state index in [9.17, 15) is 14.9 Å². The normalized spacial score (nSPS) is 11.2. The van der Waals surface area contributed by atoms with Crippen LogP contribution >= 0.6 is 0 Å². The molecule has 0 heterocycles. The van der Waals surface area contributed by atoms with Gasteiger partial charge in [-0.2, -0.15) is 0 Å². The molecule has 0 saturated carbocycles. The number of nitro groups is 1. The van der Waals surface area contributed by atoms with Crippen LogP contribution in [0, 0.1) is 17.0 Å². The van der Waals surface area contributed by atoms with Gasteiger partial charge in [0.15, 0.2) is 0 Å². The quantitative estimate of drug-likeness (QED) is 0.630. The van der Waals surface area contributed by atoms with E-state index in [-0.39, 0.29) is 11.6 Å². The fourth-order valence-electron chi connectivity index (χ4n) is 1.77. The van der Waals surface area contributed by atoms with Crippen molar-refractivity contribution in [2.45, 2.75) is 39.2 Å². The Hall–Kier alpha value is -1.95. The number of nitrogens with two attached hydrogens (primary N) is 1. The fourth-order valence-corrected chi connectivity index (χ4v) is 1.77. The molecule has 1 aromatic carbocycles. The maximum atomic E-state index is 12.1. The summed E-state index contributed by atoms with van der Waals surface area (Å²) in [6.07, 6.45) is 1.01. The molecule has 6 nitrogen and oxygen atoms in total. The van der Waals surface area contributed by atoms with Crippen LogP contribution in [0.15, 0.2) is 18.2 Å². The molecule has 1 rings (SSSR count). The van der Waals surface area contributed by atoms with Crippen LogP contribution in [0.4, 0.5) is 11.4 Å². The van der Waals surface area contributed by atoms with Crippen molar-refractivity contribution in [3.05, 3.63) is 33.9 Å². The number of carbonyl (C=O) groups excluding carboxylic acids is 1. The summed E-state index contributed by atoms with van der Waals surface area (Å²) in [4.78, 5) is 22.5. The van der Waals surface area contributed by atoms with Crippen molar-refractivity contribution >= 4 is 17.3 Å². The van der Waals surface area contributed by atoms with E-state index in [4.69, 9.17) is 5.73 Å². The van der Waals surface area contributed by atoms with Crippen molar-refractivity contribution in [2.24, 2.45) is 5.73 Å². The molecule has 104 valence electrons. The Labute approximate surface area is 112 Å². The van der Waals surface area contributed by atoms with E-state index >= 15 is 0 Å². The Morgan fingerprint density at radius 1 is 1.42 bits per heavy atom. The van der Waals surface area contributed by atoms with Gasteiger partial charge in [-0.25, -0.2) is 0 Å². The van der Waals surface area contributed by atoms with E-state index < -0.39 is 10.5 Å². The molecule has 1 aromatic rings. The van der Waals surface area contributed by atoms with Gasteiger partial charge in [0.05, 0.1) is 21.7 Å². The Morgan fingerprint density at radius 3 is 2.47 bits per heavy atom. The number of benzene rings is 1. The van der Waals surface area contributed by atoms with Gasteiger partial charge in [-0.15, -0.1) is 0 Å². The van der Waals surface area contributed by atoms with Gasteiger partial charge in [0.2, 0.25) is 5.91 Å². The first-order chi connectivity index (χ1) is 8.85. The van der Waals surface area contributed by atoms with E-state index in [0.29, 0.717) is 24.1 Å². The Morgan fingerprint density at radius 2 is 2.00 bits per heavy atom. The van der Waals surface area contributed by atoms with Gasteiger partial charge >= 0.3 is 0 Å². The van der Waals surface area contributed by atoms with Gasteiger partial charge in [-0.05, 0) is 25.8 Å². The van der Waals surface area contributed by atoms with Crippen LogP contribution in [0.25, 0.3) is 0 Å². The molecule has 0 bridgehead atoms. The molecule has 0 atom stereocenters. The summed E-state index contributed by atoms with van der Waals surface area (Å²) in [6, 6.07) is 4.57. The van der Waals surface area contributed by atoms with E-state index in [1.165, 1.54) is 12.1 Å². The highest BCUT2D eigenvalue weighted by Crippen LogP contribution is 2.26. The van der Waals surface area contributed by atoms with E-state index in [0.717, 1.165) is 0 Å². The van der Waals surface area contributed by atoms with Gasteiger partial charge in [-0.3, -0.25) is 14.9 Å². The molecule has 0 spiro atoms. The van der Waals surface area contributed by atoms with Crippen LogP contribution in [0.1, 0.15) is 32.3 Å². The maximum absolute atomic E-state index is 12.1. The summed E-state index contributed by atoms with van der Waals surface area (Å²) in [6.45, 7) is 5.27. The van der Waals surface area contributed by atoms with E-state index in [1.807, 2.05) is 13.8 Å². The second-order valence-electron chi connectivity index (χ2n) is 4.52. The minimum Gasteiger partial charge on any atom is -0.324 e. The highest BCUT2D eigenvalue weighted by Gasteiger charge is 2.30. The number of nitrogens with zero attached hydrogens (tertiary/aromatic N) is 1. The summed E-state index contributed by atoms with van der Waals surface area (Å²) in [5.41, 5.74) is 5.88. The highest BCUT2D eigenvalue weighted by atomic mass is 16.6. The smallest absolute Gasteiger partial charge is 0.274 e. The molecule has 3 N–H and O–H groups in total. The van der Waals surface area contributed by atoms with E-state index in [1.54, 1.807) is 13.0 Å². The Kier molecular flexibility index (Phi) is 4.61. The lowest BCUT2D eigenvalue weighted by molar-refractivity contribution is -0.385. The van der Waals surface area contributed by atoms with Crippen LogP contribution in [-0.2, 0) is 4.79 Å². The molecule has 0 unspecified atom stereocenters. The van der Waals surface area contributed by atoms with Crippen molar-refractivity contribution in [3.8, 4) is 0 Å². The molecule has 0 fully saturated rings. The third-order valence-electron chi connectivity index (χ3n) is 3.46. The van der Waals surface area contributed by atoms with Crippen molar-refractivity contribution < 1.29 is 9.72 Å². The number of carbonyl (C=O) groups is 1. The summed E-state index contributed by atoms with van der Waals surface area (Å²) in [5.74, 6) is -0.318. The Balaban J connectivity index is 3.04. The number of amides is 1. The van der Waals surface area contributed by atoms with Gasteiger partial charge < -0.3 is 11.1 Å². The first kappa shape index (κ1) is 15.1. The molecular weight excluding hydrogens is 246 g/mol. The summed E-state index contributed by atoms with van der Waals surface area (Å²) >= 11 is 0. The monoisotopic (exact) mass is 265 g/mol. The number of nitro benzene ring substituents is 1. The van der Waals surface area contributed by atoms with Crippen molar-refractivity contribution in [1.29, 1.82) is 0 Å². The van der Waals surface area contributed by atoms with Crippen LogP contribution in [0.5, 0.6) is 0 Å². The molecule has 19 heavy (non-hydrogen) atoms. The molecule has 0 aliphatic rings. The molecule has 0 aromatic heterocycles. The lowest BCUT2D eigenvalue weighted by Crippen LogP contribution is -2.50. The van der Waals surface area contributed by atoms with Gasteiger partial charge in [0, 0.05) is 6.07 Å². The summed E-state index contributed by atoms with van der Waals surface area (Å²) < 4.78 is 0. The number of rotatable bonds is 5. The average molecular weight is 265 g/mol. The average Bonchev–Trinajstić information content (AvgIpc) is 2.39. The van der Waals surface area contributed by atoms with Crippen LogP contribution in [-0.4, -0.2) is 16.4 Å². The zero-order valence-corrected chi connectivity index (χ0v) is 11.4. The van der Waals surface area contributed by atoms with E-state index in [2.05, 4.69) is 5.32 Å². The van der Waals surface area contributed by atoms with Gasteiger partial charge in [-0.1, -0.05) is 19.9 Å². The first-order valence-corrected chi connectivity index (χ1v) is 6.20. The largest absolute Gasteiger partial charge is 0.324 e. The first-order valence-electron chi connectivity index (χ1n) is 6.20. The summed E-state index contributed by atoms with van der Waals surface area (Å²) in [5, 5.41) is 13.5. The number of hydrogen-bond acceptors (Lipinski definition) is 4. The second kappa shape index (κ2) is 5.79. The Bertz CT molecular complexity index is 496. The van der Waals surface area contributed by atoms with Crippen LogP contribution in [0.3, 0.4) is 0 Å². The molecule has 0 aliphatic heterocycles. The molecule has 0 aliphatic carbocycles. The minimum atomic E-state index is -0.947. The number of anilines is 1. The third-order valence-corrected chi connectivity index (χ3v) is 3.46. The van der Waals surface area contributed by atoms with Crippen LogP contribution in [0.2, 0.25) is 0 Å². The zero-order valence-electron chi connectivity index (χ0n) is 11.4. The van der Waals surface area contributed by atoms with Crippen LogP contribution < -0.4 is 11.1 Å².